The Labute approximate surface area is 290 Å². The Hall–Kier alpha value is -5.36. The third-order valence-electron chi connectivity index (χ3n) is 10.0. The van der Waals surface area contributed by atoms with Gasteiger partial charge in [-0.1, -0.05) is 36.4 Å². The maximum Gasteiger partial charge on any atom is 0.326 e. The molecule has 0 saturated carbocycles. The highest BCUT2D eigenvalue weighted by Gasteiger charge is 2.36. The summed E-state index contributed by atoms with van der Waals surface area (Å²) in [6.45, 7) is 3.63. The van der Waals surface area contributed by atoms with Gasteiger partial charge in [-0.15, -0.1) is 0 Å². The zero-order valence-electron chi connectivity index (χ0n) is 28.7. The van der Waals surface area contributed by atoms with Crippen molar-refractivity contribution in [1.82, 2.24) is 29.7 Å². The number of hydrogen-bond donors (Lipinski definition) is 4. The molecule has 1 unspecified atom stereocenters. The van der Waals surface area contributed by atoms with E-state index in [2.05, 4.69) is 25.5 Å². The molecule has 5 aromatic rings. The van der Waals surface area contributed by atoms with E-state index in [1.807, 2.05) is 87.0 Å². The van der Waals surface area contributed by atoms with E-state index in [9.17, 15) is 19.2 Å². The van der Waals surface area contributed by atoms with Crippen molar-refractivity contribution in [3.8, 4) is 0 Å². The topological polar surface area (TPSA) is 139 Å². The molecular formula is C38H44N8O4. The number of carbonyl (C=O) groups is 3. The van der Waals surface area contributed by atoms with Crippen LogP contribution in [0.2, 0.25) is 0 Å². The highest BCUT2D eigenvalue weighted by atomic mass is 16.2. The predicted molar refractivity (Wildman–Crippen MR) is 196 cm³/mol. The monoisotopic (exact) mass is 676 g/mol. The average Bonchev–Trinajstić information content (AvgIpc) is 3.67. The molecule has 7 rings (SSSR count). The Morgan fingerprint density at radius 2 is 1.70 bits per heavy atom. The Balaban J connectivity index is 1.16. The molecule has 50 heavy (non-hydrogen) atoms. The summed E-state index contributed by atoms with van der Waals surface area (Å²) >= 11 is 0. The Morgan fingerprint density at radius 3 is 2.46 bits per heavy atom. The second kappa shape index (κ2) is 13.9. The number of H-pyrrole nitrogens is 2. The number of fused-ring (bicyclic) bond motifs is 3. The summed E-state index contributed by atoms with van der Waals surface area (Å²) in [5.41, 5.74) is 5.78. The highest BCUT2D eigenvalue weighted by Crippen LogP contribution is 2.36. The molecule has 2 atom stereocenters. The first kappa shape index (κ1) is 33.2. The molecule has 260 valence electrons. The number of benzene rings is 3. The largest absolute Gasteiger partial charge is 0.361 e. The molecule has 12 nitrogen and oxygen atoms in total. The summed E-state index contributed by atoms with van der Waals surface area (Å²) < 4.78 is 1.81. The Kier molecular flexibility index (Phi) is 9.20. The standard InChI is InChI=1S/C38H44N8O4/c1-24(47)40-31-12-8-14-34-29(31)19-25(22-43(2)3)23-45(34)36(48)33(20-26-21-39-30-10-5-4-9-28(26)30)42-37(49)44-17-15-27(16-18-44)46-35-13-7-6-11-32(35)41-38(46)50/h4-14,21,25,27,33,39H,15-20,22-23H2,1-3H3,(H,40,47)(H,41,50)(H,42,49)/t25?,33-/m1/s1. The van der Waals surface area contributed by atoms with Gasteiger partial charge >= 0.3 is 11.7 Å². The van der Waals surface area contributed by atoms with E-state index in [4.69, 9.17) is 0 Å². The quantitative estimate of drug-likeness (QED) is 0.192. The third kappa shape index (κ3) is 6.62. The van der Waals surface area contributed by atoms with Crippen LogP contribution < -0.4 is 21.2 Å². The molecule has 3 aromatic carbocycles. The van der Waals surface area contributed by atoms with Crippen molar-refractivity contribution in [1.29, 1.82) is 0 Å². The van der Waals surface area contributed by atoms with Gasteiger partial charge in [-0.2, -0.15) is 0 Å². The molecule has 4 amide bonds. The number of anilines is 2. The lowest BCUT2D eigenvalue weighted by molar-refractivity contribution is -0.120. The van der Waals surface area contributed by atoms with Crippen LogP contribution in [0, 0.1) is 5.92 Å². The van der Waals surface area contributed by atoms with Gasteiger partial charge in [0.05, 0.1) is 11.0 Å². The minimum absolute atomic E-state index is 0.0392. The fourth-order valence-electron chi connectivity index (χ4n) is 7.82. The molecule has 0 radical (unpaired) electrons. The molecule has 0 bridgehead atoms. The maximum atomic E-state index is 14.8. The lowest BCUT2D eigenvalue weighted by atomic mass is 9.89. The molecule has 2 aliphatic heterocycles. The first-order valence-electron chi connectivity index (χ1n) is 17.3. The number of nitrogens with one attached hydrogen (secondary N) is 4. The normalized spacial score (nSPS) is 17.2. The second-order valence-electron chi connectivity index (χ2n) is 13.9. The number of carbonyl (C=O) groups excluding carboxylic acids is 3. The molecule has 0 spiro atoms. The number of aromatic amines is 2. The molecule has 12 heteroatoms. The van der Waals surface area contributed by atoms with Crippen LogP contribution in [0.5, 0.6) is 0 Å². The second-order valence-corrected chi connectivity index (χ2v) is 13.9. The average molecular weight is 677 g/mol. The van der Waals surface area contributed by atoms with Crippen LogP contribution in [0.4, 0.5) is 16.2 Å². The first-order valence-corrected chi connectivity index (χ1v) is 17.3. The molecule has 2 aromatic heterocycles. The number of imidazole rings is 1. The molecule has 1 saturated heterocycles. The number of likely N-dealkylation sites (tertiary alicyclic amines) is 1. The minimum atomic E-state index is -0.856. The summed E-state index contributed by atoms with van der Waals surface area (Å²) in [4.78, 5) is 65.7. The SMILES string of the molecule is CC(=O)Nc1cccc2c1CC(CN(C)C)CN2C(=O)[C@@H](Cc1c[nH]c2ccccc12)NC(=O)N1CCC(n2c(=O)[nH]c3ccccc32)CC1. The molecule has 0 aliphatic carbocycles. The lowest BCUT2D eigenvalue weighted by Crippen LogP contribution is -2.56. The Bertz CT molecular complexity index is 2100. The smallest absolute Gasteiger partial charge is 0.326 e. The van der Waals surface area contributed by atoms with Gasteiger partial charge in [0.1, 0.15) is 6.04 Å². The van der Waals surface area contributed by atoms with Gasteiger partial charge in [-0.25, -0.2) is 9.59 Å². The van der Waals surface area contributed by atoms with E-state index in [0.717, 1.165) is 45.3 Å². The summed E-state index contributed by atoms with van der Waals surface area (Å²) in [5.74, 6) is -0.255. The van der Waals surface area contributed by atoms with E-state index in [0.29, 0.717) is 51.0 Å². The van der Waals surface area contributed by atoms with Crippen molar-refractivity contribution in [3.05, 3.63) is 94.5 Å². The van der Waals surface area contributed by atoms with Crippen molar-refractivity contribution in [3.63, 3.8) is 0 Å². The van der Waals surface area contributed by atoms with E-state index in [1.165, 1.54) is 6.92 Å². The van der Waals surface area contributed by atoms with E-state index in [1.54, 1.807) is 14.4 Å². The molecular weight excluding hydrogens is 632 g/mol. The van der Waals surface area contributed by atoms with E-state index >= 15 is 0 Å². The van der Waals surface area contributed by atoms with Crippen LogP contribution in [0.25, 0.3) is 21.9 Å². The van der Waals surface area contributed by atoms with E-state index in [-0.39, 0.29) is 35.5 Å². The lowest BCUT2D eigenvalue weighted by Gasteiger charge is -2.39. The third-order valence-corrected chi connectivity index (χ3v) is 10.0. The first-order chi connectivity index (χ1) is 24.2. The summed E-state index contributed by atoms with van der Waals surface area (Å²) in [5, 5.41) is 7.10. The van der Waals surface area contributed by atoms with E-state index < -0.39 is 6.04 Å². The number of hydrogen-bond acceptors (Lipinski definition) is 5. The number of aromatic nitrogens is 3. The predicted octanol–water partition coefficient (Wildman–Crippen LogP) is 4.49. The van der Waals surface area contributed by atoms with Gasteiger partial charge in [0, 0.05) is 74.0 Å². The van der Waals surface area contributed by atoms with Crippen LogP contribution in [-0.4, -0.2) is 88.5 Å². The summed E-state index contributed by atoms with van der Waals surface area (Å²) in [7, 11) is 4.03. The Morgan fingerprint density at radius 1 is 0.960 bits per heavy atom. The highest BCUT2D eigenvalue weighted by molar-refractivity contribution is 6.02. The molecule has 4 N–H and O–H groups in total. The van der Waals surface area contributed by atoms with Crippen LogP contribution in [0.3, 0.4) is 0 Å². The van der Waals surface area contributed by atoms with Crippen LogP contribution >= 0.6 is 0 Å². The van der Waals surface area contributed by atoms with Gasteiger partial charge in [0.15, 0.2) is 0 Å². The van der Waals surface area contributed by atoms with Crippen LogP contribution in [0.1, 0.15) is 36.9 Å². The van der Waals surface area contributed by atoms with Crippen molar-refractivity contribution in [2.45, 2.75) is 44.7 Å². The van der Waals surface area contributed by atoms with Gasteiger partial charge < -0.3 is 35.3 Å². The van der Waals surface area contributed by atoms with Crippen molar-refractivity contribution < 1.29 is 14.4 Å². The number of para-hydroxylation sites is 3. The van der Waals surface area contributed by atoms with Gasteiger partial charge in [-0.3, -0.25) is 14.2 Å². The number of piperidine rings is 1. The summed E-state index contributed by atoms with van der Waals surface area (Å²) in [6.07, 6.45) is 4.16. The number of urea groups is 1. The van der Waals surface area contributed by atoms with Crippen LogP contribution in [-0.2, 0) is 22.4 Å². The zero-order valence-corrected chi connectivity index (χ0v) is 28.7. The van der Waals surface area contributed by atoms with Crippen molar-refractivity contribution in [2.24, 2.45) is 5.92 Å². The number of nitrogens with zero attached hydrogens (tertiary/aromatic N) is 4. The molecule has 1 fully saturated rings. The van der Waals surface area contributed by atoms with Crippen LogP contribution in [0.15, 0.2) is 77.7 Å². The van der Waals surface area contributed by atoms with Gasteiger partial charge in [0.2, 0.25) is 11.8 Å². The molecule has 4 heterocycles. The minimum Gasteiger partial charge on any atom is -0.361 e. The zero-order chi connectivity index (χ0) is 34.9. The number of amides is 4. The molecule has 2 aliphatic rings. The number of rotatable bonds is 8. The van der Waals surface area contributed by atoms with Gasteiger partial charge in [0.25, 0.3) is 0 Å². The van der Waals surface area contributed by atoms with Gasteiger partial charge in [-0.05, 0) is 80.7 Å². The maximum absolute atomic E-state index is 14.8. The fourth-order valence-corrected chi connectivity index (χ4v) is 7.82. The summed E-state index contributed by atoms with van der Waals surface area (Å²) in [6, 6.07) is 20.0. The van der Waals surface area contributed by atoms with Crippen molar-refractivity contribution in [2.75, 3.05) is 50.5 Å². The fraction of sp³-hybridized carbons (Fsp3) is 0.368. The van der Waals surface area contributed by atoms with Crippen molar-refractivity contribution >= 4 is 51.2 Å².